The summed E-state index contributed by atoms with van der Waals surface area (Å²) in [6, 6.07) is 10.6. The number of rotatable bonds is 6. The van der Waals surface area contributed by atoms with E-state index in [9.17, 15) is 23.9 Å². The molecule has 0 unspecified atom stereocenters. The molecule has 0 spiro atoms. The van der Waals surface area contributed by atoms with E-state index in [4.69, 9.17) is 16.6 Å². The summed E-state index contributed by atoms with van der Waals surface area (Å²) in [4.78, 5) is 51.2. The number of carbonyl (C=O) groups is 2. The molecule has 5 rings (SSSR count). The van der Waals surface area contributed by atoms with Gasteiger partial charge in [0.2, 0.25) is 5.91 Å². The number of anilines is 1. The van der Waals surface area contributed by atoms with Crippen LogP contribution >= 0.6 is 11.6 Å². The van der Waals surface area contributed by atoms with E-state index in [0.29, 0.717) is 47.7 Å². The number of halogens is 2. The molecular formula is C32H31ClFN5O4. The predicted molar refractivity (Wildman–Crippen MR) is 165 cm³/mol. The zero-order valence-electron chi connectivity index (χ0n) is 24.3. The minimum atomic E-state index is -1.09. The van der Waals surface area contributed by atoms with Crippen molar-refractivity contribution in [2.45, 2.75) is 39.7 Å². The largest absolute Gasteiger partial charge is 0.478 e. The molecule has 1 amide bonds. The highest BCUT2D eigenvalue weighted by Gasteiger charge is 2.30. The van der Waals surface area contributed by atoms with Crippen LogP contribution in [-0.4, -0.2) is 62.1 Å². The number of fused-ring (bicyclic) bond motifs is 1. The molecule has 2 aromatic carbocycles. The first-order valence-corrected chi connectivity index (χ1v) is 14.2. The van der Waals surface area contributed by atoms with Gasteiger partial charge in [-0.2, -0.15) is 4.98 Å². The van der Waals surface area contributed by atoms with Gasteiger partial charge in [-0.05, 0) is 67.3 Å². The SMILES string of the molecule is C=CC(=O)N1CCN(c2nc(=O)n(-c3c(C)cc(C(=O)O)cc3C(C)C)c3nc(-c4ccccc4F)c(Cl)cc23)[C@@H](C)C1. The number of aromatic carboxylic acids is 1. The number of piperazine rings is 1. The molecule has 1 aliphatic heterocycles. The molecule has 43 heavy (non-hydrogen) atoms. The Bertz CT molecular complexity index is 1850. The van der Waals surface area contributed by atoms with Crippen molar-refractivity contribution in [2.75, 3.05) is 24.5 Å². The van der Waals surface area contributed by atoms with E-state index >= 15 is 0 Å². The van der Waals surface area contributed by atoms with E-state index < -0.39 is 17.5 Å². The first-order chi connectivity index (χ1) is 20.4. The molecule has 1 saturated heterocycles. The molecule has 0 saturated carbocycles. The van der Waals surface area contributed by atoms with Crippen LogP contribution in [0.1, 0.15) is 48.2 Å². The van der Waals surface area contributed by atoms with Crippen LogP contribution in [0.3, 0.4) is 0 Å². The second-order valence-electron chi connectivity index (χ2n) is 10.9. The number of hydrogen-bond acceptors (Lipinski definition) is 6. The summed E-state index contributed by atoms with van der Waals surface area (Å²) >= 11 is 6.76. The van der Waals surface area contributed by atoms with Crippen molar-refractivity contribution in [2.24, 2.45) is 0 Å². The van der Waals surface area contributed by atoms with Crippen LogP contribution in [0.25, 0.3) is 28.0 Å². The molecule has 0 bridgehead atoms. The highest BCUT2D eigenvalue weighted by Crippen LogP contribution is 2.36. The Hall–Kier alpha value is -4.57. The number of aromatic nitrogens is 3. The molecule has 1 N–H and O–H groups in total. The molecule has 1 atom stereocenters. The molecular weight excluding hydrogens is 573 g/mol. The fourth-order valence-corrected chi connectivity index (χ4v) is 5.90. The van der Waals surface area contributed by atoms with E-state index in [1.807, 2.05) is 25.7 Å². The first-order valence-electron chi connectivity index (χ1n) is 13.9. The number of aryl methyl sites for hydroxylation is 1. The minimum Gasteiger partial charge on any atom is -0.478 e. The smallest absolute Gasteiger partial charge is 0.355 e. The number of carboxylic acids is 1. The van der Waals surface area contributed by atoms with Gasteiger partial charge < -0.3 is 14.9 Å². The zero-order valence-corrected chi connectivity index (χ0v) is 25.0. The van der Waals surface area contributed by atoms with Crippen molar-refractivity contribution in [1.82, 2.24) is 19.4 Å². The lowest BCUT2D eigenvalue weighted by Crippen LogP contribution is -2.54. The van der Waals surface area contributed by atoms with Crippen molar-refractivity contribution >= 4 is 40.3 Å². The highest BCUT2D eigenvalue weighted by atomic mass is 35.5. The molecule has 1 fully saturated rings. The van der Waals surface area contributed by atoms with E-state index in [-0.39, 0.29) is 45.4 Å². The number of hydrogen-bond donors (Lipinski definition) is 1. The van der Waals surface area contributed by atoms with Crippen molar-refractivity contribution < 1.29 is 19.1 Å². The van der Waals surface area contributed by atoms with Gasteiger partial charge in [0.25, 0.3) is 0 Å². The van der Waals surface area contributed by atoms with Crippen LogP contribution in [0.15, 0.2) is 59.9 Å². The molecule has 3 heterocycles. The summed E-state index contributed by atoms with van der Waals surface area (Å²) in [5, 5.41) is 10.3. The maximum atomic E-state index is 15.0. The Morgan fingerprint density at radius 1 is 1.16 bits per heavy atom. The summed E-state index contributed by atoms with van der Waals surface area (Å²) < 4.78 is 16.3. The number of benzene rings is 2. The van der Waals surface area contributed by atoms with Gasteiger partial charge in [-0.3, -0.25) is 4.79 Å². The van der Waals surface area contributed by atoms with E-state index in [0.717, 1.165) is 0 Å². The monoisotopic (exact) mass is 603 g/mol. The standard InChI is InChI=1S/C32H31ClFN5O4/c1-6-26(40)37-11-12-38(19(5)16-37)29-23-15-24(33)27(21-9-7-8-10-25(21)34)35-30(23)39(32(43)36-29)28-18(4)13-20(31(41)42)14-22(28)17(2)3/h6-10,13-15,17,19H,1,11-12,16H2,2-5H3,(H,41,42)/t19-/m0/s1. The molecule has 222 valence electrons. The maximum Gasteiger partial charge on any atom is 0.355 e. The Labute approximate surface area is 252 Å². The van der Waals surface area contributed by atoms with Crippen LogP contribution in [-0.2, 0) is 4.79 Å². The molecule has 0 aliphatic carbocycles. The van der Waals surface area contributed by atoms with Crippen LogP contribution in [0.2, 0.25) is 5.02 Å². The summed E-state index contributed by atoms with van der Waals surface area (Å²) in [5.74, 6) is -1.61. The van der Waals surface area contributed by atoms with Gasteiger partial charge >= 0.3 is 11.7 Å². The van der Waals surface area contributed by atoms with Crippen molar-refractivity contribution in [3.8, 4) is 16.9 Å². The normalized spacial score (nSPS) is 15.3. The van der Waals surface area contributed by atoms with Crippen molar-refractivity contribution in [3.05, 3.63) is 93.1 Å². The lowest BCUT2D eigenvalue weighted by atomic mass is 9.95. The Balaban J connectivity index is 1.84. The minimum absolute atomic E-state index is 0.0932. The lowest BCUT2D eigenvalue weighted by Gasteiger charge is -2.40. The fraction of sp³-hybridized carbons (Fsp3) is 0.281. The Kier molecular flexibility index (Phi) is 8.07. The van der Waals surface area contributed by atoms with Gasteiger partial charge in [0.1, 0.15) is 11.6 Å². The fourth-order valence-electron chi connectivity index (χ4n) is 5.65. The molecule has 1 aliphatic rings. The second-order valence-corrected chi connectivity index (χ2v) is 11.4. The maximum absolute atomic E-state index is 15.0. The van der Waals surface area contributed by atoms with Gasteiger partial charge in [0, 0.05) is 31.2 Å². The van der Waals surface area contributed by atoms with Crippen LogP contribution < -0.4 is 10.6 Å². The van der Waals surface area contributed by atoms with Crippen LogP contribution in [0.4, 0.5) is 10.2 Å². The van der Waals surface area contributed by atoms with Crippen LogP contribution in [0.5, 0.6) is 0 Å². The third-order valence-electron chi connectivity index (χ3n) is 7.74. The molecule has 0 radical (unpaired) electrons. The number of nitrogens with zero attached hydrogens (tertiary/aromatic N) is 5. The highest BCUT2D eigenvalue weighted by molar-refractivity contribution is 6.33. The summed E-state index contributed by atoms with van der Waals surface area (Å²) in [7, 11) is 0. The summed E-state index contributed by atoms with van der Waals surface area (Å²) in [6.45, 7) is 12.2. The van der Waals surface area contributed by atoms with Gasteiger partial charge in [-0.25, -0.2) is 23.5 Å². The predicted octanol–water partition coefficient (Wildman–Crippen LogP) is 5.59. The molecule has 4 aromatic rings. The van der Waals surface area contributed by atoms with Crippen LogP contribution in [0, 0.1) is 12.7 Å². The molecule has 2 aromatic heterocycles. The van der Waals surface area contributed by atoms with Gasteiger partial charge in [-0.1, -0.05) is 44.2 Å². The van der Waals surface area contributed by atoms with E-state index in [2.05, 4.69) is 11.6 Å². The first kappa shape index (κ1) is 29.9. The third-order valence-corrected chi connectivity index (χ3v) is 8.03. The number of pyridine rings is 1. The third kappa shape index (κ3) is 5.38. The van der Waals surface area contributed by atoms with Gasteiger partial charge in [-0.15, -0.1) is 0 Å². The van der Waals surface area contributed by atoms with E-state index in [1.54, 1.807) is 42.2 Å². The van der Waals surface area contributed by atoms with Gasteiger partial charge in [0.15, 0.2) is 5.65 Å². The zero-order chi connectivity index (χ0) is 31.2. The quantitative estimate of drug-likeness (QED) is 0.286. The Morgan fingerprint density at radius 2 is 1.88 bits per heavy atom. The average Bonchev–Trinajstić information content (AvgIpc) is 2.96. The van der Waals surface area contributed by atoms with Crippen molar-refractivity contribution in [3.63, 3.8) is 0 Å². The topological polar surface area (TPSA) is 109 Å². The number of carboxylic acid groups (broad SMARTS) is 1. The second kappa shape index (κ2) is 11.6. The Morgan fingerprint density at radius 3 is 2.51 bits per heavy atom. The van der Waals surface area contributed by atoms with E-state index in [1.165, 1.54) is 22.8 Å². The molecule has 9 nitrogen and oxygen atoms in total. The lowest BCUT2D eigenvalue weighted by molar-refractivity contribution is -0.126. The van der Waals surface area contributed by atoms with Gasteiger partial charge in [0.05, 0.1) is 27.4 Å². The van der Waals surface area contributed by atoms with Crippen molar-refractivity contribution in [1.29, 1.82) is 0 Å². The molecule has 11 heteroatoms. The number of amides is 1. The summed E-state index contributed by atoms with van der Waals surface area (Å²) in [6.07, 6.45) is 1.27. The summed E-state index contributed by atoms with van der Waals surface area (Å²) in [5.41, 5.74) is 1.58. The number of carbonyl (C=O) groups excluding carboxylic acids is 1. The average molecular weight is 604 g/mol.